The zero-order chi connectivity index (χ0) is 12.3. The first-order chi connectivity index (χ1) is 8.33. The predicted octanol–water partition coefficient (Wildman–Crippen LogP) is 3.28. The predicted molar refractivity (Wildman–Crippen MR) is 76.5 cm³/mol. The quantitative estimate of drug-likeness (QED) is 0.622. The van der Waals surface area contributed by atoms with Crippen molar-refractivity contribution in [2.24, 2.45) is 5.92 Å². The third-order valence-electron chi connectivity index (χ3n) is 3.75. The van der Waals surface area contributed by atoms with Gasteiger partial charge in [-0.25, -0.2) is 0 Å². The fraction of sp³-hybridized carbons (Fsp3) is 1.00. The van der Waals surface area contributed by atoms with Gasteiger partial charge in [0.25, 0.3) is 0 Å². The molecule has 2 heteroatoms. The summed E-state index contributed by atoms with van der Waals surface area (Å²) in [4.78, 5) is 2.67. The maximum Gasteiger partial charge on any atom is 0.000703 e. The molecule has 0 saturated carbocycles. The molecule has 1 aliphatic heterocycles. The van der Waals surface area contributed by atoms with Gasteiger partial charge >= 0.3 is 0 Å². The van der Waals surface area contributed by atoms with Crippen LogP contribution in [0.5, 0.6) is 0 Å². The Labute approximate surface area is 108 Å². The van der Waals surface area contributed by atoms with Crippen LogP contribution in [0.3, 0.4) is 0 Å². The Kier molecular flexibility index (Phi) is 8.72. The van der Waals surface area contributed by atoms with Crippen LogP contribution in [0.1, 0.15) is 58.8 Å². The van der Waals surface area contributed by atoms with Gasteiger partial charge in [0.2, 0.25) is 0 Å². The summed E-state index contributed by atoms with van der Waals surface area (Å²) in [5.41, 5.74) is 0. The lowest BCUT2D eigenvalue weighted by Crippen LogP contribution is -2.34. The summed E-state index contributed by atoms with van der Waals surface area (Å²) in [5.74, 6) is 0.932. The van der Waals surface area contributed by atoms with Gasteiger partial charge in [-0.05, 0) is 64.2 Å². The molecule has 0 aliphatic carbocycles. The third-order valence-corrected chi connectivity index (χ3v) is 3.75. The highest BCUT2D eigenvalue weighted by Gasteiger charge is 2.14. The molecule has 0 aromatic heterocycles. The van der Waals surface area contributed by atoms with Gasteiger partial charge in [-0.1, -0.05) is 26.7 Å². The van der Waals surface area contributed by atoms with Crippen molar-refractivity contribution in [3.8, 4) is 0 Å². The van der Waals surface area contributed by atoms with E-state index >= 15 is 0 Å². The minimum Gasteiger partial charge on any atom is -0.317 e. The van der Waals surface area contributed by atoms with E-state index in [0.717, 1.165) is 5.92 Å². The van der Waals surface area contributed by atoms with Gasteiger partial charge < -0.3 is 10.2 Å². The molecule has 17 heavy (non-hydrogen) atoms. The second-order valence-electron chi connectivity index (χ2n) is 5.71. The van der Waals surface area contributed by atoms with E-state index in [1.165, 1.54) is 77.7 Å². The molecule has 1 unspecified atom stereocenters. The van der Waals surface area contributed by atoms with E-state index in [4.69, 9.17) is 0 Å². The zero-order valence-corrected chi connectivity index (χ0v) is 12.0. The highest BCUT2D eigenvalue weighted by Crippen LogP contribution is 2.15. The molecule has 1 saturated heterocycles. The topological polar surface area (TPSA) is 15.3 Å². The first-order valence-corrected chi connectivity index (χ1v) is 7.76. The number of nitrogens with zero attached hydrogens (tertiary/aromatic N) is 1. The summed E-state index contributed by atoms with van der Waals surface area (Å²) >= 11 is 0. The zero-order valence-electron chi connectivity index (χ0n) is 12.0. The van der Waals surface area contributed by atoms with Gasteiger partial charge in [0.15, 0.2) is 0 Å². The number of rotatable bonds is 9. The van der Waals surface area contributed by atoms with Crippen LogP contribution in [0.15, 0.2) is 0 Å². The number of nitrogens with one attached hydrogen (secondary N) is 1. The van der Waals surface area contributed by atoms with Crippen LogP contribution in [-0.2, 0) is 0 Å². The van der Waals surface area contributed by atoms with Crippen molar-refractivity contribution >= 4 is 0 Å². The van der Waals surface area contributed by atoms with Gasteiger partial charge in [0.05, 0.1) is 0 Å². The van der Waals surface area contributed by atoms with E-state index in [-0.39, 0.29) is 0 Å². The Bertz CT molecular complexity index is 170. The summed E-state index contributed by atoms with van der Waals surface area (Å²) in [6, 6.07) is 0. The lowest BCUT2D eigenvalue weighted by Gasteiger charge is -2.30. The van der Waals surface area contributed by atoms with Gasteiger partial charge in [0.1, 0.15) is 0 Å². The molecule has 1 atom stereocenters. The van der Waals surface area contributed by atoms with Crippen LogP contribution in [0.25, 0.3) is 0 Å². The van der Waals surface area contributed by atoms with Crippen molar-refractivity contribution in [3.05, 3.63) is 0 Å². The standard InChI is InChI=1S/C15H32N2/c1-3-10-16-11-6-4-5-7-12-17-13-8-9-15(2)14-17/h15-16H,3-14H2,1-2H3. The van der Waals surface area contributed by atoms with Crippen LogP contribution in [0.2, 0.25) is 0 Å². The molecule has 2 nitrogen and oxygen atoms in total. The molecule has 0 aromatic carbocycles. The molecule has 1 heterocycles. The van der Waals surface area contributed by atoms with E-state index in [2.05, 4.69) is 24.1 Å². The first kappa shape index (κ1) is 15.0. The van der Waals surface area contributed by atoms with Crippen LogP contribution in [0, 0.1) is 5.92 Å². The molecule has 1 aliphatic rings. The maximum absolute atomic E-state index is 3.47. The van der Waals surface area contributed by atoms with E-state index < -0.39 is 0 Å². The Morgan fingerprint density at radius 3 is 2.71 bits per heavy atom. The van der Waals surface area contributed by atoms with Crippen molar-refractivity contribution in [2.45, 2.75) is 58.8 Å². The molecular formula is C15H32N2. The average Bonchev–Trinajstić information content (AvgIpc) is 2.33. The summed E-state index contributed by atoms with van der Waals surface area (Å²) in [5, 5.41) is 3.47. The van der Waals surface area contributed by atoms with Gasteiger partial charge in [-0.3, -0.25) is 0 Å². The fourth-order valence-electron chi connectivity index (χ4n) is 2.73. The minimum absolute atomic E-state index is 0.932. The SMILES string of the molecule is CCCNCCCCCCN1CCCC(C)C1. The number of hydrogen-bond acceptors (Lipinski definition) is 2. The Balaban J connectivity index is 1.83. The van der Waals surface area contributed by atoms with Crippen molar-refractivity contribution in [1.82, 2.24) is 10.2 Å². The van der Waals surface area contributed by atoms with Crippen LogP contribution < -0.4 is 5.32 Å². The smallest absolute Gasteiger partial charge is 0.000703 e. The molecule has 0 bridgehead atoms. The average molecular weight is 240 g/mol. The Hall–Kier alpha value is -0.0800. The maximum atomic E-state index is 3.47. The summed E-state index contributed by atoms with van der Waals surface area (Å²) in [6.45, 7) is 11.1. The monoisotopic (exact) mass is 240 g/mol. The second kappa shape index (κ2) is 9.90. The summed E-state index contributed by atoms with van der Waals surface area (Å²) in [6.07, 6.45) is 9.70. The second-order valence-corrected chi connectivity index (χ2v) is 5.71. The number of piperidine rings is 1. The number of hydrogen-bond donors (Lipinski definition) is 1. The largest absolute Gasteiger partial charge is 0.317 e. The lowest BCUT2D eigenvalue weighted by atomic mass is 10.00. The van der Waals surface area contributed by atoms with Crippen molar-refractivity contribution in [3.63, 3.8) is 0 Å². The summed E-state index contributed by atoms with van der Waals surface area (Å²) in [7, 11) is 0. The first-order valence-electron chi connectivity index (χ1n) is 7.76. The van der Waals surface area contributed by atoms with Crippen LogP contribution >= 0.6 is 0 Å². The van der Waals surface area contributed by atoms with Crippen LogP contribution in [0.4, 0.5) is 0 Å². The molecule has 0 aromatic rings. The molecule has 0 radical (unpaired) electrons. The molecule has 1 rings (SSSR count). The number of unbranched alkanes of at least 4 members (excludes halogenated alkanes) is 3. The number of likely N-dealkylation sites (tertiary alicyclic amines) is 1. The fourth-order valence-corrected chi connectivity index (χ4v) is 2.73. The van der Waals surface area contributed by atoms with Gasteiger partial charge in [-0.15, -0.1) is 0 Å². The summed E-state index contributed by atoms with van der Waals surface area (Å²) < 4.78 is 0. The molecular weight excluding hydrogens is 208 g/mol. The highest BCUT2D eigenvalue weighted by atomic mass is 15.1. The lowest BCUT2D eigenvalue weighted by molar-refractivity contribution is 0.180. The van der Waals surface area contributed by atoms with E-state index in [9.17, 15) is 0 Å². The van der Waals surface area contributed by atoms with Crippen molar-refractivity contribution in [2.75, 3.05) is 32.7 Å². The molecule has 1 N–H and O–H groups in total. The Morgan fingerprint density at radius 2 is 1.94 bits per heavy atom. The Morgan fingerprint density at radius 1 is 1.12 bits per heavy atom. The van der Waals surface area contributed by atoms with Crippen molar-refractivity contribution in [1.29, 1.82) is 0 Å². The van der Waals surface area contributed by atoms with E-state index in [0.29, 0.717) is 0 Å². The molecule has 0 spiro atoms. The molecule has 0 amide bonds. The van der Waals surface area contributed by atoms with Crippen molar-refractivity contribution < 1.29 is 0 Å². The molecule has 102 valence electrons. The third kappa shape index (κ3) is 7.77. The normalized spacial score (nSPS) is 21.9. The van der Waals surface area contributed by atoms with Crippen LogP contribution in [-0.4, -0.2) is 37.6 Å². The van der Waals surface area contributed by atoms with E-state index in [1.54, 1.807) is 0 Å². The van der Waals surface area contributed by atoms with Gasteiger partial charge in [-0.2, -0.15) is 0 Å². The highest BCUT2D eigenvalue weighted by molar-refractivity contribution is 4.69. The van der Waals surface area contributed by atoms with Gasteiger partial charge in [0, 0.05) is 6.54 Å². The van der Waals surface area contributed by atoms with E-state index in [1.807, 2.05) is 0 Å². The molecule has 1 fully saturated rings. The minimum atomic E-state index is 0.932.